The van der Waals surface area contributed by atoms with Gasteiger partial charge >= 0.3 is 0 Å². The van der Waals surface area contributed by atoms with Crippen molar-refractivity contribution in [2.75, 3.05) is 0 Å². The van der Waals surface area contributed by atoms with Crippen LogP contribution in [-0.2, 0) is 5.41 Å². The second-order valence-electron chi connectivity index (χ2n) is 17.2. The van der Waals surface area contributed by atoms with E-state index in [0.29, 0.717) is 5.82 Å². The van der Waals surface area contributed by atoms with E-state index >= 15 is 0 Å². The molecule has 308 valence electrons. The molecule has 0 unspecified atom stereocenters. The minimum atomic E-state index is -0.517. The van der Waals surface area contributed by atoms with Crippen molar-refractivity contribution in [2.45, 2.75) is 5.41 Å². The molecule has 12 aromatic rings. The zero-order valence-corrected chi connectivity index (χ0v) is 36.0. The van der Waals surface area contributed by atoms with Gasteiger partial charge in [-0.1, -0.05) is 212 Å². The lowest BCUT2D eigenvalue weighted by atomic mass is 9.66. The van der Waals surface area contributed by atoms with E-state index in [9.17, 15) is 0 Å². The second kappa shape index (κ2) is 15.3. The normalized spacial score (nSPS) is 12.7. The van der Waals surface area contributed by atoms with Gasteiger partial charge in [0.1, 0.15) is 0 Å². The molecule has 1 aliphatic carbocycles. The molecule has 0 bridgehead atoms. The van der Waals surface area contributed by atoms with Crippen molar-refractivity contribution in [3.05, 3.63) is 271 Å². The first-order valence-electron chi connectivity index (χ1n) is 22.7. The molecule has 2 aromatic heterocycles. The van der Waals surface area contributed by atoms with Crippen molar-refractivity contribution in [3.8, 4) is 61.8 Å². The summed E-state index contributed by atoms with van der Waals surface area (Å²) in [5, 5.41) is 4.98. The Morgan fingerprint density at radius 3 is 1.45 bits per heavy atom. The summed E-state index contributed by atoms with van der Waals surface area (Å²) in [6.45, 7) is 0. The molecule has 2 heterocycles. The van der Waals surface area contributed by atoms with E-state index < -0.39 is 5.41 Å². The first-order valence-corrected chi connectivity index (χ1v) is 22.7. The predicted octanol–water partition coefficient (Wildman–Crippen LogP) is 15.8. The van der Waals surface area contributed by atoms with Gasteiger partial charge in [-0.3, -0.25) is 0 Å². The average molecular weight is 840 g/mol. The minimum Gasteiger partial charge on any atom is -0.309 e. The summed E-state index contributed by atoms with van der Waals surface area (Å²) >= 11 is 0. The third kappa shape index (κ3) is 5.84. The van der Waals surface area contributed by atoms with Crippen LogP contribution in [0.15, 0.2) is 249 Å². The molecule has 0 fully saturated rings. The summed E-state index contributed by atoms with van der Waals surface area (Å²) in [7, 11) is 0. The molecule has 13 rings (SSSR count). The Bertz CT molecular complexity index is 3690. The Labute approximate surface area is 383 Å². The summed E-state index contributed by atoms with van der Waals surface area (Å²) in [4.78, 5) is 10.4. The van der Waals surface area contributed by atoms with Gasteiger partial charge in [0.15, 0.2) is 5.82 Å². The molecule has 3 heteroatoms. The van der Waals surface area contributed by atoms with E-state index in [1.54, 1.807) is 0 Å². The van der Waals surface area contributed by atoms with Crippen LogP contribution in [0.3, 0.4) is 0 Å². The van der Waals surface area contributed by atoms with Crippen molar-refractivity contribution in [3.63, 3.8) is 0 Å². The Morgan fingerprint density at radius 2 is 0.833 bits per heavy atom. The van der Waals surface area contributed by atoms with Crippen LogP contribution in [0.2, 0.25) is 0 Å². The van der Waals surface area contributed by atoms with Crippen molar-refractivity contribution in [1.29, 1.82) is 0 Å². The van der Waals surface area contributed by atoms with Crippen LogP contribution >= 0.6 is 0 Å². The van der Waals surface area contributed by atoms with Crippen LogP contribution in [0.5, 0.6) is 0 Å². The third-order valence-corrected chi connectivity index (χ3v) is 13.7. The fraction of sp³-hybridized carbons (Fsp3) is 0.0159. The molecule has 0 amide bonds. The SMILES string of the molecule is c1ccc(-c2nc(-c3ccc(-c4cc5ccccc5c5c4-c4ccccc4C5(c4ccccc4)c4ccccc4)cc3)cc(-c3ccc(-n4c5ccccc5c5ccccc54)cc3)n2)cc1. The Morgan fingerprint density at radius 1 is 0.348 bits per heavy atom. The quantitative estimate of drug-likeness (QED) is 0.160. The molecule has 0 saturated carbocycles. The summed E-state index contributed by atoms with van der Waals surface area (Å²) in [6.07, 6.45) is 0. The summed E-state index contributed by atoms with van der Waals surface area (Å²) in [5.41, 5.74) is 17.8. The number of fused-ring (bicyclic) bond motifs is 8. The molecule has 66 heavy (non-hydrogen) atoms. The van der Waals surface area contributed by atoms with E-state index in [1.165, 1.54) is 71.5 Å². The molecule has 0 atom stereocenters. The highest BCUT2D eigenvalue weighted by atomic mass is 15.0. The number of rotatable bonds is 7. The smallest absolute Gasteiger partial charge is 0.160 e. The summed E-state index contributed by atoms with van der Waals surface area (Å²) in [5.74, 6) is 0.695. The van der Waals surface area contributed by atoms with Gasteiger partial charge in [-0.15, -0.1) is 0 Å². The Hall–Kier alpha value is -8.66. The van der Waals surface area contributed by atoms with E-state index in [4.69, 9.17) is 9.97 Å². The number of aromatic nitrogens is 3. The molecular weight excluding hydrogens is 799 g/mol. The monoisotopic (exact) mass is 839 g/mol. The highest BCUT2D eigenvalue weighted by Gasteiger charge is 2.48. The lowest BCUT2D eigenvalue weighted by molar-refractivity contribution is 0.775. The van der Waals surface area contributed by atoms with Gasteiger partial charge in [0, 0.05) is 33.2 Å². The maximum Gasteiger partial charge on any atom is 0.160 e. The molecular formula is C63H41N3. The van der Waals surface area contributed by atoms with Gasteiger partial charge in [-0.05, 0) is 91.7 Å². The van der Waals surface area contributed by atoms with Crippen LogP contribution in [0, 0.1) is 0 Å². The van der Waals surface area contributed by atoms with Gasteiger partial charge < -0.3 is 4.57 Å². The highest BCUT2D eigenvalue weighted by Crippen LogP contribution is 2.60. The molecule has 3 nitrogen and oxygen atoms in total. The van der Waals surface area contributed by atoms with Crippen LogP contribution < -0.4 is 0 Å². The average Bonchev–Trinajstić information content (AvgIpc) is 3.91. The molecule has 0 saturated heterocycles. The van der Waals surface area contributed by atoms with E-state index in [2.05, 4.69) is 235 Å². The number of para-hydroxylation sites is 2. The summed E-state index contributed by atoms with van der Waals surface area (Å²) in [6, 6.07) is 90.0. The predicted molar refractivity (Wildman–Crippen MR) is 273 cm³/mol. The number of hydrogen-bond acceptors (Lipinski definition) is 2. The van der Waals surface area contributed by atoms with Gasteiger partial charge in [0.05, 0.1) is 27.8 Å². The highest BCUT2D eigenvalue weighted by molar-refractivity contribution is 6.09. The van der Waals surface area contributed by atoms with Crippen molar-refractivity contribution < 1.29 is 0 Å². The second-order valence-corrected chi connectivity index (χ2v) is 17.2. The van der Waals surface area contributed by atoms with Gasteiger partial charge in [-0.2, -0.15) is 0 Å². The summed E-state index contributed by atoms with van der Waals surface area (Å²) < 4.78 is 2.35. The fourth-order valence-electron chi connectivity index (χ4n) is 10.8. The number of nitrogens with zero attached hydrogens (tertiary/aromatic N) is 3. The number of hydrogen-bond donors (Lipinski definition) is 0. The topological polar surface area (TPSA) is 30.7 Å². The molecule has 0 N–H and O–H groups in total. The lowest BCUT2D eigenvalue weighted by Gasteiger charge is -2.35. The maximum atomic E-state index is 5.23. The van der Waals surface area contributed by atoms with Crippen LogP contribution in [0.4, 0.5) is 0 Å². The first kappa shape index (κ1) is 37.9. The maximum absolute atomic E-state index is 5.23. The van der Waals surface area contributed by atoms with Crippen LogP contribution in [0.1, 0.15) is 22.3 Å². The van der Waals surface area contributed by atoms with Crippen molar-refractivity contribution >= 4 is 32.6 Å². The molecule has 1 aliphatic rings. The van der Waals surface area contributed by atoms with Crippen LogP contribution in [-0.4, -0.2) is 14.5 Å². The molecule has 0 aliphatic heterocycles. The van der Waals surface area contributed by atoms with Gasteiger partial charge in [-0.25, -0.2) is 9.97 Å². The minimum absolute atomic E-state index is 0.517. The number of benzene rings is 10. The molecule has 0 spiro atoms. The van der Waals surface area contributed by atoms with Crippen molar-refractivity contribution in [2.24, 2.45) is 0 Å². The third-order valence-electron chi connectivity index (χ3n) is 13.7. The zero-order chi connectivity index (χ0) is 43.6. The van der Waals surface area contributed by atoms with E-state index in [0.717, 1.165) is 39.3 Å². The zero-order valence-electron chi connectivity index (χ0n) is 36.0. The Kier molecular flexibility index (Phi) is 8.75. The molecule has 10 aromatic carbocycles. The van der Waals surface area contributed by atoms with Gasteiger partial charge in [0.2, 0.25) is 0 Å². The standard InChI is InChI=1S/C63H41N3/c1-4-18-45(19-5-1)62-64-56(41-57(65-62)44-36-38-49(39-37-44)66-58-30-16-13-26-51(58)52-27-14-17-31-59(52)66)43-34-32-42(33-35-43)54-40-46-20-10-11-25-50(46)61-60(54)53-28-12-15-29-55(53)63(61,47-21-6-2-7-22-47)48-23-8-3-9-24-48/h1-41H. The first-order chi connectivity index (χ1) is 32.7. The van der Waals surface area contributed by atoms with E-state index in [-0.39, 0.29) is 0 Å². The largest absolute Gasteiger partial charge is 0.309 e. The van der Waals surface area contributed by atoms with Crippen LogP contribution in [0.25, 0.3) is 94.4 Å². The lowest BCUT2D eigenvalue weighted by Crippen LogP contribution is -2.28. The Balaban J connectivity index is 0.955. The van der Waals surface area contributed by atoms with Crippen molar-refractivity contribution in [1.82, 2.24) is 14.5 Å². The molecule has 0 radical (unpaired) electrons. The van der Waals surface area contributed by atoms with E-state index in [1.807, 2.05) is 18.2 Å². The fourth-order valence-corrected chi connectivity index (χ4v) is 10.8. The van der Waals surface area contributed by atoms with Gasteiger partial charge in [0.25, 0.3) is 0 Å².